The lowest BCUT2D eigenvalue weighted by molar-refractivity contribution is 0.632. The van der Waals surface area contributed by atoms with Crippen molar-refractivity contribution in [2.45, 2.75) is 54.5 Å². The van der Waals surface area contributed by atoms with E-state index in [9.17, 15) is 0 Å². The van der Waals surface area contributed by atoms with Gasteiger partial charge in [-0.05, 0) is 87.5 Å². The molecule has 0 radical (unpaired) electrons. The van der Waals surface area contributed by atoms with Crippen LogP contribution >= 0.6 is 11.3 Å². The molecule has 2 heteroatoms. The van der Waals surface area contributed by atoms with Crippen molar-refractivity contribution in [2.75, 3.05) is 6.54 Å². The standard InChI is InChI=1S/C19H27NS/c1-8-20-19(17-10-13(4)16(7)21-17)18-14(5)11(2)9-12(3)15(18)6/h9-10,19-20H,8H2,1-7H3. The quantitative estimate of drug-likeness (QED) is 0.808. The second-order valence-corrected chi connectivity index (χ2v) is 7.34. The highest BCUT2D eigenvalue weighted by atomic mass is 32.1. The Balaban J connectivity index is 2.63. The zero-order valence-corrected chi connectivity index (χ0v) is 15.2. The molecule has 0 fully saturated rings. The van der Waals surface area contributed by atoms with Crippen LogP contribution in [0.1, 0.15) is 56.1 Å². The second-order valence-electron chi connectivity index (χ2n) is 6.05. The molecule has 0 bridgehead atoms. The van der Waals surface area contributed by atoms with Crippen molar-refractivity contribution >= 4 is 11.3 Å². The van der Waals surface area contributed by atoms with Crippen molar-refractivity contribution in [1.29, 1.82) is 0 Å². The molecule has 0 saturated carbocycles. The average molecular weight is 301 g/mol. The van der Waals surface area contributed by atoms with Crippen LogP contribution in [-0.4, -0.2) is 6.54 Å². The molecular weight excluding hydrogens is 274 g/mol. The third-order valence-corrected chi connectivity index (χ3v) is 5.81. The number of thiophene rings is 1. The number of rotatable bonds is 4. The van der Waals surface area contributed by atoms with Crippen LogP contribution in [-0.2, 0) is 0 Å². The van der Waals surface area contributed by atoms with E-state index in [1.165, 1.54) is 43.1 Å². The summed E-state index contributed by atoms with van der Waals surface area (Å²) in [7, 11) is 0. The van der Waals surface area contributed by atoms with Gasteiger partial charge < -0.3 is 5.32 Å². The van der Waals surface area contributed by atoms with Gasteiger partial charge in [-0.2, -0.15) is 0 Å². The molecular formula is C19H27NS. The Labute approximate surface area is 133 Å². The van der Waals surface area contributed by atoms with E-state index in [1.807, 2.05) is 11.3 Å². The Hall–Kier alpha value is -1.12. The van der Waals surface area contributed by atoms with Gasteiger partial charge in [0.1, 0.15) is 0 Å². The van der Waals surface area contributed by atoms with Crippen LogP contribution in [0.25, 0.3) is 0 Å². The summed E-state index contributed by atoms with van der Waals surface area (Å²) < 4.78 is 0. The van der Waals surface area contributed by atoms with Crippen LogP contribution in [0.4, 0.5) is 0 Å². The Morgan fingerprint density at radius 2 is 1.48 bits per heavy atom. The number of hydrogen-bond acceptors (Lipinski definition) is 2. The molecule has 0 aliphatic rings. The normalized spacial score (nSPS) is 12.7. The van der Waals surface area contributed by atoms with E-state index in [1.54, 1.807) is 0 Å². The van der Waals surface area contributed by atoms with Crippen LogP contribution < -0.4 is 5.32 Å². The Morgan fingerprint density at radius 1 is 0.905 bits per heavy atom. The summed E-state index contributed by atoms with van der Waals surface area (Å²) >= 11 is 1.92. The van der Waals surface area contributed by atoms with Crippen LogP contribution in [0.3, 0.4) is 0 Å². The number of benzene rings is 1. The van der Waals surface area contributed by atoms with E-state index in [2.05, 4.69) is 65.9 Å². The average Bonchev–Trinajstić information content (AvgIpc) is 2.75. The molecule has 0 saturated heterocycles. The molecule has 1 N–H and O–H groups in total. The van der Waals surface area contributed by atoms with E-state index < -0.39 is 0 Å². The minimum Gasteiger partial charge on any atom is -0.306 e. The molecule has 21 heavy (non-hydrogen) atoms. The summed E-state index contributed by atoms with van der Waals surface area (Å²) in [4.78, 5) is 2.86. The zero-order chi connectivity index (χ0) is 15.7. The molecule has 1 nitrogen and oxygen atoms in total. The van der Waals surface area contributed by atoms with Crippen molar-refractivity contribution in [1.82, 2.24) is 5.32 Å². The van der Waals surface area contributed by atoms with E-state index in [4.69, 9.17) is 0 Å². The Kier molecular flexibility index (Phi) is 4.90. The third kappa shape index (κ3) is 3.07. The highest BCUT2D eigenvalue weighted by molar-refractivity contribution is 7.12. The molecule has 0 amide bonds. The fourth-order valence-corrected chi connectivity index (χ4v) is 4.10. The summed E-state index contributed by atoms with van der Waals surface area (Å²) in [6, 6.07) is 4.97. The van der Waals surface area contributed by atoms with Crippen LogP contribution in [0.2, 0.25) is 0 Å². The van der Waals surface area contributed by atoms with Gasteiger partial charge in [0.2, 0.25) is 0 Å². The van der Waals surface area contributed by atoms with Crippen molar-refractivity contribution in [3.63, 3.8) is 0 Å². The van der Waals surface area contributed by atoms with Gasteiger partial charge in [-0.3, -0.25) is 0 Å². The third-order valence-electron chi connectivity index (χ3n) is 4.59. The second kappa shape index (κ2) is 6.33. The summed E-state index contributed by atoms with van der Waals surface area (Å²) in [5.74, 6) is 0. The van der Waals surface area contributed by atoms with Crippen LogP contribution in [0.5, 0.6) is 0 Å². The first-order chi connectivity index (χ1) is 9.86. The Bertz CT molecular complexity index is 606. The first-order valence-corrected chi connectivity index (χ1v) is 8.56. The fraction of sp³-hybridized carbons (Fsp3) is 0.474. The molecule has 114 valence electrons. The topological polar surface area (TPSA) is 12.0 Å². The molecule has 1 heterocycles. The molecule has 2 rings (SSSR count). The minimum absolute atomic E-state index is 0.311. The summed E-state index contributed by atoms with van der Waals surface area (Å²) in [6.45, 7) is 16.6. The highest BCUT2D eigenvalue weighted by Crippen LogP contribution is 2.35. The first-order valence-electron chi connectivity index (χ1n) is 7.74. The largest absolute Gasteiger partial charge is 0.306 e. The maximum absolute atomic E-state index is 3.70. The Morgan fingerprint density at radius 3 is 1.90 bits per heavy atom. The lowest BCUT2D eigenvalue weighted by atomic mass is 9.89. The number of hydrogen-bond donors (Lipinski definition) is 1. The van der Waals surface area contributed by atoms with Gasteiger partial charge in [0.05, 0.1) is 6.04 Å². The van der Waals surface area contributed by atoms with Gasteiger partial charge in [-0.1, -0.05) is 13.0 Å². The van der Waals surface area contributed by atoms with Gasteiger partial charge in [-0.15, -0.1) is 11.3 Å². The maximum atomic E-state index is 3.70. The van der Waals surface area contributed by atoms with Crippen LogP contribution in [0, 0.1) is 41.5 Å². The maximum Gasteiger partial charge on any atom is 0.0676 e. The predicted octanol–water partition coefficient (Wildman–Crippen LogP) is 5.30. The van der Waals surface area contributed by atoms with Gasteiger partial charge in [0.25, 0.3) is 0 Å². The molecule has 1 aromatic carbocycles. The predicted molar refractivity (Wildman–Crippen MR) is 94.7 cm³/mol. The molecule has 0 aliphatic carbocycles. The molecule has 0 aliphatic heterocycles. The molecule has 2 aromatic rings. The number of aryl methyl sites for hydroxylation is 4. The smallest absolute Gasteiger partial charge is 0.0676 e. The van der Waals surface area contributed by atoms with Crippen molar-refractivity contribution < 1.29 is 0 Å². The summed E-state index contributed by atoms with van der Waals surface area (Å²) in [5.41, 5.74) is 8.50. The molecule has 1 aromatic heterocycles. The SMILES string of the molecule is CCNC(c1cc(C)c(C)s1)c1c(C)c(C)cc(C)c1C. The van der Waals surface area contributed by atoms with Crippen molar-refractivity contribution in [3.8, 4) is 0 Å². The van der Waals surface area contributed by atoms with E-state index in [0.29, 0.717) is 6.04 Å². The molecule has 1 unspecified atom stereocenters. The summed E-state index contributed by atoms with van der Waals surface area (Å²) in [6.07, 6.45) is 0. The lowest BCUT2D eigenvalue weighted by Crippen LogP contribution is -2.23. The van der Waals surface area contributed by atoms with Crippen molar-refractivity contribution in [3.05, 3.63) is 55.3 Å². The van der Waals surface area contributed by atoms with E-state index in [0.717, 1.165) is 6.54 Å². The highest BCUT2D eigenvalue weighted by Gasteiger charge is 2.21. The number of nitrogens with one attached hydrogen (secondary N) is 1. The first kappa shape index (κ1) is 16.3. The van der Waals surface area contributed by atoms with Gasteiger partial charge in [0.15, 0.2) is 0 Å². The fourth-order valence-electron chi connectivity index (χ4n) is 2.97. The zero-order valence-electron chi connectivity index (χ0n) is 14.3. The monoisotopic (exact) mass is 301 g/mol. The minimum atomic E-state index is 0.311. The molecule has 0 spiro atoms. The van der Waals surface area contributed by atoms with Crippen molar-refractivity contribution in [2.24, 2.45) is 0 Å². The lowest BCUT2D eigenvalue weighted by Gasteiger charge is -2.24. The van der Waals surface area contributed by atoms with Crippen LogP contribution in [0.15, 0.2) is 12.1 Å². The van der Waals surface area contributed by atoms with E-state index in [-0.39, 0.29) is 0 Å². The van der Waals surface area contributed by atoms with E-state index >= 15 is 0 Å². The van der Waals surface area contributed by atoms with Gasteiger partial charge in [0, 0.05) is 9.75 Å². The van der Waals surface area contributed by atoms with Gasteiger partial charge in [-0.25, -0.2) is 0 Å². The van der Waals surface area contributed by atoms with Gasteiger partial charge >= 0.3 is 0 Å². The summed E-state index contributed by atoms with van der Waals surface area (Å²) in [5, 5.41) is 3.70. The molecule has 1 atom stereocenters.